The number of nitrogens with one attached hydrogen (secondary N) is 1. The Morgan fingerprint density at radius 1 is 0.976 bits per heavy atom. The van der Waals surface area contributed by atoms with Crippen LogP contribution in [0.4, 0.5) is 18.9 Å². The minimum Gasteiger partial charge on any atom is -1.00 e. The highest BCUT2D eigenvalue weighted by atomic mass is 35.5. The molecule has 1 heterocycles. The summed E-state index contributed by atoms with van der Waals surface area (Å²) in [6.45, 7) is 0.395. The van der Waals surface area contributed by atoms with Crippen LogP contribution in [-0.2, 0) is 35.4 Å². The van der Waals surface area contributed by atoms with E-state index in [2.05, 4.69) is 5.32 Å². The number of nitrogens with zero attached hydrogens (tertiary/aromatic N) is 2. The van der Waals surface area contributed by atoms with Crippen LogP contribution in [0.15, 0.2) is 79.4 Å². The molecular formula is C27H23Cl5F3N3O3. The Labute approximate surface area is 260 Å². The third-order valence-electron chi connectivity index (χ3n) is 5.69. The number of imidazole rings is 1. The number of hydrogen-bond acceptors (Lipinski definition) is 2. The molecule has 3 N–H and O–H groups in total. The summed E-state index contributed by atoms with van der Waals surface area (Å²) >= 11 is 24.8. The molecule has 14 heteroatoms. The van der Waals surface area contributed by atoms with Crippen LogP contribution in [0.25, 0.3) is 0 Å². The van der Waals surface area contributed by atoms with Crippen LogP contribution >= 0.6 is 46.4 Å². The number of ether oxygens (including phenoxy) is 1. The topological polar surface area (TPSA) is 78.6 Å². The van der Waals surface area contributed by atoms with Crippen molar-refractivity contribution in [2.75, 3.05) is 5.32 Å². The number of rotatable bonds is 9. The lowest BCUT2D eigenvalue weighted by Crippen LogP contribution is -3.00. The van der Waals surface area contributed by atoms with E-state index in [4.69, 9.17) is 51.1 Å². The lowest BCUT2D eigenvalue weighted by atomic mass is 10.1. The van der Waals surface area contributed by atoms with Crippen LogP contribution in [0.5, 0.6) is 0 Å². The smallest absolute Gasteiger partial charge is 0.416 e. The Bertz CT molecular complexity index is 1480. The lowest BCUT2D eigenvalue weighted by molar-refractivity contribution is -0.683. The Morgan fingerprint density at radius 2 is 1.66 bits per heavy atom. The number of carbonyl (C=O) groups is 1. The first kappa shape index (κ1) is 34.7. The van der Waals surface area contributed by atoms with E-state index in [9.17, 15) is 18.0 Å². The maximum absolute atomic E-state index is 13.0. The second-order valence-corrected chi connectivity index (χ2v) is 10.3. The summed E-state index contributed by atoms with van der Waals surface area (Å²) in [5, 5.41) is 4.38. The molecule has 1 atom stereocenters. The molecule has 0 aliphatic rings. The summed E-state index contributed by atoms with van der Waals surface area (Å²) in [5.74, 6) is -0.483. The number of carbonyl (C=O) groups excluding carboxylic acids is 1. The first-order valence-corrected chi connectivity index (χ1v) is 13.0. The summed E-state index contributed by atoms with van der Waals surface area (Å²) in [6.07, 6.45) is 0.0783. The van der Waals surface area contributed by atoms with Gasteiger partial charge >= 0.3 is 6.18 Å². The molecule has 4 rings (SSSR count). The molecule has 0 aliphatic heterocycles. The molecule has 41 heavy (non-hydrogen) atoms. The van der Waals surface area contributed by atoms with E-state index >= 15 is 0 Å². The van der Waals surface area contributed by atoms with Crippen LogP contribution in [-0.4, -0.2) is 16.0 Å². The molecule has 0 saturated carbocycles. The van der Waals surface area contributed by atoms with Crippen LogP contribution in [0.2, 0.25) is 20.1 Å². The number of anilines is 1. The third kappa shape index (κ3) is 9.78. The zero-order chi connectivity index (χ0) is 28.2. The molecular weight excluding hydrogens is 649 g/mol. The molecule has 3 aromatic carbocycles. The number of benzene rings is 3. The summed E-state index contributed by atoms with van der Waals surface area (Å²) in [4.78, 5) is 12.5. The first-order valence-electron chi connectivity index (χ1n) is 11.5. The standard InChI is InChI=1S/C27H20Cl4F3N3O2.ClH.H2O/c28-19-5-4-17(23(30)11-19)15-39-25(22-7-6-20(29)12-24(22)31)13-36-8-9-37(16-36)14-26(38)35-21-3-1-2-18(10-21)27(32,33)34;;/h1-12,16,25H,13-15H2;1H;1H2. The van der Waals surface area contributed by atoms with Crippen molar-refractivity contribution in [1.82, 2.24) is 4.57 Å². The van der Waals surface area contributed by atoms with Gasteiger partial charge in [0.25, 0.3) is 5.91 Å². The van der Waals surface area contributed by atoms with Gasteiger partial charge in [0.15, 0.2) is 6.54 Å². The summed E-state index contributed by atoms with van der Waals surface area (Å²) < 4.78 is 48.5. The summed E-state index contributed by atoms with van der Waals surface area (Å²) in [7, 11) is 0. The van der Waals surface area contributed by atoms with Crippen molar-refractivity contribution in [3.8, 4) is 0 Å². The zero-order valence-corrected chi connectivity index (χ0v) is 24.7. The Morgan fingerprint density at radius 3 is 2.32 bits per heavy atom. The van der Waals surface area contributed by atoms with Gasteiger partial charge in [0.05, 0.1) is 12.2 Å². The number of amides is 1. The van der Waals surface area contributed by atoms with E-state index in [0.717, 1.165) is 17.7 Å². The Balaban J connectivity index is 0.00000294. The number of halogens is 8. The van der Waals surface area contributed by atoms with Crippen LogP contribution in [0.1, 0.15) is 22.8 Å². The van der Waals surface area contributed by atoms with Crippen molar-refractivity contribution < 1.29 is 45.2 Å². The fourth-order valence-corrected chi connectivity index (χ4v) is 4.80. The van der Waals surface area contributed by atoms with Crippen molar-refractivity contribution in [3.63, 3.8) is 0 Å². The van der Waals surface area contributed by atoms with Gasteiger partial charge in [0.1, 0.15) is 25.0 Å². The zero-order valence-electron chi connectivity index (χ0n) is 20.9. The van der Waals surface area contributed by atoms with Gasteiger partial charge in [-0.2, -0.15) is 13.2 Å². The van der Waals surface area contributed by atoms with Gasteiger partial charge in [-0.1, -0.05) is 64.6 Å². The fourth-order valence-electron chi connectivity index (χ4n) is 3.80. The Hall–Kier alpha value is -2.50. The molecule has 0 spiro atoms. The normalized spacial score (nSPS) is 11.8. The predicted octanol–water partition coefficient (Wildman–Crippen LogP) is 4.18. The molecule has 1 aromatic heterocycles. The van der Waals surface area contributed by atoms with E-state index < -0.39 is 23.8 Å². The Kier molecular flexibility index (Phi) is 12.8. The summed E-state index contributed by atoms with van der Waals surface area (Å²) in [6, 6.07) is 14.7. The largest absolute Gasteiger partial charge is 1.00 e. The quantitative estimate of drug-likeness (QED) is 0.271. The average Bonchev–Trinajstić information content (AvgIpc) is 3.29. The van der Waals surface area contributed by atoms with Gasteiger partial charge in [0, 0.05) is 31.3 Å². The minimum atomic E-state index is -4.50. The molecule has 6 nitrogen and oxygen atoms in total. The maximum Gasteiger partial charge on any atom is 0.416 e. The summed E-state index contributed by atoms with van der Waals surface area (Å²) in [5.41, 5.74) is 0.658. The van der Waals surface area contributed by atoms with Gasteiger partial charge in [-0.3, -0.25) is 4.79 Å². The monoisotopic (exact) mass is 669 g/mol. The van der Waals surface area contributed by atoms with E-state index in [0.29, 0.717) is 32.2 Å². The van der Waals surface area contributed by atoms with Crippen molar-refractivity contribution >= 4 is 58.0 Å². The molecule has 0 aliphatic carbocycles. The van der Waals surface area contributed by atoms with Gasteiger partial charge < -0.3 is 27.9 Å². The predicted molar refractivity (Wildman–Crippen MR) is 149 cm³/mol. The van der Waals surface area contributed by atoms with Crippen LogP contribution < -0.4 is 22.3 Å². The van der Waals surface area contributed by atoms with Crippen LogP contribution in [0.3, 0.4) is 0 Å². The van der Waals surface area contributed by atoms with Gasteiger partial charge in [-0.15, -0.1) is 0 Å². The highest BCUT2D eigenvalue weighted by Crippen LogP contribution is 2.32. The van der Waals surface area contributed by atoms with E-state index in [1.54, 1.807) is 64.3 Å². The lowest BCUT2D eigenvalue weighted by Gasteiger charge is -2.19. The maximum atomic E-state index is 13.0. The molecule has 0 radical (unpaired) electrons. The van der Waals surface area contributed by atoms with Gasteiger partial charge in [-0.05, 0) is 48.0 Å². The number of alkyl halides is 3. The van der Waals surface area contributed by atoms with Crippen LogP contribution in [0, 0.1) is 0 Å². The SMILES string of the molecule is O.O=C(C[n+]1ccn(CC(OCc2ccc(Cl)cc2Cl)c2ccc(Cl)cc2Cl)c1)Nc1cccc(C(F)(F)F)c1.[Cl-]. The fraction of sp³-hybridized carbons (Fsp3) is 0.185. The highest BCUT2D eigenvalue weighted by Gasteiger charge is 2.30. The second-order valence-electron chi connectivity index (χ2n) is 8.61. The van der Waals surface area contributed by atoms with Crippen molar-refractivity contribution in [1.29, 1.82) is 0 Å². The minimum absolute atomic E-state index is 0. The number of aromatic nitrogens is 2. The van der Waals surface area contributed by atoms with Gasteiger partial charge in [-0.25, -0.2) is 9.13 Å². The van der Waals surface area contributed by atoms with E-state index in [1.165, 1.54) is 12.1 Å². The van der Waals surface area contributed by atoms with Crippen molar-refractivity contribution in [3.05, 3.63) is 116 Å². The van der Waals surface area contributed by atoms with E-state index in [-0.39, 0.29) is 36.7 Å². The number of hydrogen-bond donors (Lipinski definition) is 1. The molecule has 4 aromatic rings. The third-order valence-corrected chi connectivity index (χ3v) is 6.84. The molecule has 1 amide bonds. The highest BCUT2D eigenvalue weighted by molar-refractivity contribution is 6.35. The van der Waals surface area contributed by atoms with Crippen molar-refractivity contribution in [2.45, 2.75) is 32.0 Å². The second kappa shape index (κ2) is 15.1. The van der Waals surface area contributed by atoms with E-state index in [1.807, 2.05) is 0 Å². The molecule has 0 saturated heterocycles. The molecule has 0 fully saturated rings. The van der Waals surface area contributed by atoms with Crippen molar-refractivity contribution in [2.24, 2.45) is 0 Å². The van der Waals surface area contributed by atoms with Gasteiger partial charge in [0.2, 0.25) is 6.33 Å². The first-order chi connectivity index (χ1) is 18.5. The molecule has 220 valence electrons. The molecule has 1 unspecified atom stereocenters. The molecule has 0 bridgehead atoms. The average molecular weight is 672 g/mol.